The van der Waals surface area contributed by atoms with Crippen molar-refractivity contribution < 1.29 is 9.53 Å². The number of carbonyl (C=O) groups is 1. The highest BCUT2D eigenvalue weighted by molar-refractivity contribution is 8.00. The second kappa shape index (κ2) is 10.3. The molecule has 0 aliphatic carbocycles. The molecule has 4 rings (SSSR count). The summed E-state index contributed by atoms with van der Waals surface area (Å²) in [6.45, 7) is 4.30. The van der Waals surface area contributed by atoms with E-state index in [4.69, 9.17) is 4.74 Å². The van der Waals surface area contributed by atoms with Gasteiger partial charge in [-0.2, -0.15) is 0 Å². The van der Waals surface area contributed by atoms with E-state index in [1.807, 2.05) is 79.1 Å². The van der Waals surface area contributed by atoms with Crippen LogP contribution in [0.4, 0.5) is 0 Å². The van der Waals surface area contributed by atoms with Gasteiger partial charge in [-0.3, -0.25) is 14.3 Å². The summed E-state index contributed by atoms with van der Waals surface area (Å²) in [6, 6.07) is 19.6. The predicted molar refractivity (Wildman–Crippen MR) is 129 cm³/mol. The fourth-order valence-corrected chi connectivity index (χ4v) is 4.24. The van der Waals surface area contributed by atoms with Crippen molar-refractivity contribution in [2.45, 2.75) is 30.8 Å². The van der Waals surface area contributed by atoms with Gasteiger partial charge in [0.2, 0.25) is 5.91 Å². The summed E-state index contributed by atoms with van der Waals surface area (Å²) in [5.41, 5.74) is 3.92. The highest BCUT2D eigenvalue weighted by Gasteiger charge is 2.22. The van der Waals surface area contributed by atoms with Crippen LogP contribution in [0.1, 0.15) is 18.1 Å². The van der Waals surface area contributed by atoms with Crippen LogP contribution >= 0.6 is 11.8 Å². The van der Waals surface area contributed by atoms with Crippen LogP contribution < -0.4 is 10.1 Å². The Kier molecular flexibility index (Phi) is 7.04. The Balaban J connectivity index is 1.56. The summed E-state index contributed by atoms with van der Waals surface area (Å²) >= 11 is 1.37. The summed E-state index contributed by atoms with van der Waals surface area (Å²) in [5, 5.41) is 12.1. The number of aryl methyl sites for hydroxylation is 1. The number of nitrogens with one attached hydrogen (secondary N) is 1. The molecule has 0 aliphatic rings. The summed E-state index contributed by atoms with van der Waals surface area (Å²) in [4.78, 5) is 16.9. The molecule has 1 atom stereocenters. The van der Waals surface area contributed by atoms with Crippen molar-refractivity contribution in [1.29, 1.82) is 0 Å². The number of benzene rings is 2. The lowest BCUT2D eigenvalue weighted by Crippen LogP contribution is -2.30. The molecule has 7 nitrogen and oxygen atoms in total. The fraction of sp³-hybridized carbons (Fsp3) is 0.200. The van der Waals surface area contributed by atoms with E-state index in [1.54, 1.807) is 19.5 Å². The van der Waals surface area contributed by atoms with E-state index in [0.29, 0.717) is 17.5 Å². The number of rotatable bonds is 8. The Bertz CT molecular complexity index is 1230. The predicted octanol–water partition coefficient (Wildman–Crippen LogP) is 4.44. The Morgan fingerprint density at radius 2 is 1.79 bits per heavy atom. The van der Waals surface area contributed by atoms with E-state index >= 15 is 0 Å². The van der Waals surface area contributed by atoms with Crippen LogP contribution in [-0.2, 0) is 11.3 Å². The third-order valence-electron chi connectivity index (χ3n) is 5.16. The molecule has 0 fully saturated rings. The molecule has 2 aromatic heterocycles. The third-order valence-corrected chi connectivity index (χ3v) is 6.20. The number of nitrogens with zero attached hydrogens (tertiary/aromatic N) is 4. The zero-order valence-corrected chi connectivity index (χ0v) is 19.5. The molecule has 2 heterocycles. The average molecular weight is 460 g/mol. The Morgan fingerprint density at radius 3 is 2.52 bits per heavy atom. The Morgan fingerprint density at radius 1 is 1.06 bits per heavy atom. The first kappa shape index (κ1) is 22.5. The lowest BCUT2D eigenvalue weighted by molar-refractivity contribution is -0.120. The number of para-hydroxylation sites is 1. The van der Waals surface area contributed by atoms with E-state index in [-0.39, 0.29) is 11.2 Å². The molecule has 1 N–H and O–H groups in total. The highest BCUT2D eigenvalue weighted by Crippen LogP contribution is 2.30. The molecule has 168 valence electrons. The number of amides is 1. The molecule has 0 aliphatic heterocycles. The third kappa shape index (κ3) is 5.23. The number of hydrogen-bond acceptors (Lipinski definition) is 6. The van der Waals surface area contributed by atoms with Gasteiger partial charge in [-0.25, -0.2) is 0 Å². The lowest BCUT2D eigenvalue weighted by Gasteiger charge is -2.15. The minimum atomic E-state index is -0.376. The van der Waals surface area contributed by atoms with Gasteiger partial charge >= 0.3 is 0 Å². The van der Waals surface area contributed by atoms with Crippen molar-refractivity contribution in [1.82, 2.24) is 25.1 Å². The maximum Gasteiger partial charge on any atom is 0.233 e. The summed E-state index contributed by atoms with van der Waals surface area (Å²) in [6.07, 6.45) is 3.45. The standard InChI is InChI=1S/C25H25N5O2S/c1-17-8-10-21(11-9-17)30-23(19-12-14-26-15-13-19)28-29-25(30)33-18(2)24(31)27-16-20-6-4-5-7-22(20)32-3/h4-15,18H,16H2,1-3H3,(H,27,31). The lowest BCUT2D eigenvalue weighted by atomic mass is 10.2. The van der Waals surface area contributed by atoms with Crippen molar-refractivity contribution in [3.05, 3.63) is 84.2 Å². The quantitative estimate of drug-likeness (QED) is 0.392. The second-order valence-corrected chi connectivity index (χ2v) is 8.81. The van der Waals surface area contributed by atoms with E-state index in [1.165, 1.54) is 11.8 Å². The van der Waals surface area contributed by atoms with Crippen LogP contribution in [0.15, 0.2) is 78.2 Å². The maximum atomic E-state index is 12.9. The minimum absolute atomic E-state index is 0.0881. The molecule has 0 bridgehead atoms. The van der Waals surface area contributed by atoms with Gasteiger partial charge in [-0.05, 0) is 44.2 Å². The smallest absolute Gasteiger partial charge is 0.233 e. The topological polar surface area (TPSA) is 81.9 Å². The Hall–Kier alpha value is -3.65. The first-order valence-electron chi connectivity index (χ1n) is 10.6. The summed E-state index contributed by atoms with van der Waals surface area (Å²) < 4.78 is 7.34. The molecule has 0 spiro atoms. The van der Waals surface area contributed by atoms with Crippen LogP contribution in [0, 0.1) is 6.92 Å². The van der Waals surface area contributed by atoms with Crippen LogP contribution in [0.5, 0.6) is 5.75 Å². The molecule has 0 saturated heterocycles. The van der Waals surface area contributed by atoms with E-state index < -0.39 is 0 Å². The van der Waals surface area contributed by atoms with Crippen molar-refractivity contribution >= 4 is 17.7 Å². The first-order chi connectivity index (χ1) is 16.1. The second-order valence-electron chi connectivity index (χ2n) is 7.50. The molecule has 4 aromatic rings. The fourth-order valence-electron chi connectivity index (χ4n) is 3.35. The first-order valence-corrected chi connectivity index (χ1v) is 11.4. The van der Waals surface area contributed by atoms with Crippen molar-refractivity contribution in [2.24, 2.45) is 0 Å². The molecular weight excluding hydrogens is 434 g/mol. The maximum absolute atomic E-state index is 12.9. The largest absolute Gasteiger partial charge is 0.496 e. The van der Waals surface area contributed by atoms with Gasteiger partial charge in [0.15, 0.2) is 11.0 Å². The van der Waals surface area contributed by atoms with E-state index in [0.717, 1.165) is 28.1 Å². The number of ether oxygens (including phenoxy) is 1. The number of methoxy groups -OCH3 is 1. The number of carbonyl (C=O) groups excluding carboxylic acids is 1. The zero-order chi connectivity index (χ0) is 23.2. The van der Waals surface area contributed by atoms with Crippen LogP contribution in [0.2, 0.25) is 0 Å². The number of pyridine rings is 1. The summed E-state index contributed by atoms with van der Waals surface area (Å²) in [7, 11) is 1.62. The molecular formula is C25H25N5O2S. The van der Waals surface area contributed by atoms with Gasteiger partial charge in [0.25, 0.3) is 0 Å². The summed E-state index contributed by atoms with van der Waals surface area (Å²) in [5.74, 6) is 1.36. The molecule has 0 radical (unpaired) electrons. The molecule has 1 amide bonds. The van der Waals surface area contributed by atoms with Crippen molar-refractivity contribution in [2.75, 3.05) is 7.11 Å². The molecule has 8 heteroatoms. The van der Waals surface area contributed by atoms with Gasteiger partial charge < -0.3 is 10.1 Å². The van der Waals surface area contributed by atoms with Gasteiger partial charge in [-0.15, -0.1) is 10.2 Å². The Labute approximate surface area is 197 Å². The zero-order valence-electron chi connectivity index (χ0n) is 18.7. The highest BCUT2D eigenvalue weighted by atomic mass is 32.2. The molecule has 33 heavy (non-hydrogen) atoms. The average Bonchev–Trinajstić information content (AvgIpc) is 3.27. The number of hydrogen-bond donors (Lipinski definition) is 1. The number of aromatic nitrogens is 4. The van der Waals surface area contributed by atoms with Crippen LogP contribution in [0.25, 0.3) is 17.1 Å². The van der Waals surface area contributed by atoms with Gasteiger partial charge in [0.05, 0.1) is 12.4 Å². The minimum Gasteiger partial charge on any atom is -0.496 e. The number of thioether (sulfide) groups is 1. The molecule has 1 unspecified atom stereocenters. The van der Waals surface area contributed by atoms with Crippen LogP contribution in [-0.4, -0.2) is 38.0 Å². The van der Waals surface area contributed by atoms with Crippen LogP contribution in [0.3, 0.4) is 0 Å². The van der Waals surface area contributed by atoms with E-state index in [9.17, 15) is 4.79 Å². The molecule has 2 aromatic carbocycles. The van der Waals surface area contributed by atoms with Crippen molar-refractivity contribution in [3.8, 4) is 22.8 Å². The van der Waals surface area contributed by atoms with Crippen molar-refractivity contribution in [3.63, 3.8) is 0 Å². The monoisotopic (exact) mass is 459 g/mol. The van der Waals surface area contributed by atoms with E-state index in [2.05, 4.69) is 20.5 Å². The normalized spacial score (nSPS) is 11.7. The van der Waals surface area contributed by atoms with Gasteiger partial charge in [-0.1, -0.05) is 47.7 Å². The van der Waals surface area contributed by atoms with Gasteiger partial charge in [0, 0.05) is 35.8 Å². The van der Waals surface area contributed by atoms with Gasteiger partial charge in [0.1, 0.15) is 5.75 Å². The SMILES string of the molecule is COc1ccccc1CNC(=O)C(C)Sc1nnc(-c2ccncc2)n1-c1ccc(C)cc1. The molecule has 0 saturated carbocycles.